The fourth-order valence-electron chi connectivity index (χ4n) is 3.92. The van der Waals surface area contributed by atoms with Crippen LogP contribution in [0.2, 0.25) is 5.02 Å². The van der Waals surface area contributed by atoms with Gasteiger partial charge in [-0.3, -0.25) is 4.79 Å². The van der Waals surface area contributed by atoms with Gasteiger partial charge in [-0.25, -0.2) is 9.97 Å². The number of imidazole rings is 1. The first kappa shape index (κ1) is 17.8. The number of carbonyl (C=O) groups is 1. The van der Waals surface area contributed by atoms with E-state index in [0.717, 1.165) is 35.3 Å². The number of hydrogen-bond donors (Lipinski definition) is 3. The van der Waals surface area contributed by atoms with E-state index >= 15 is 0 Å². The number of nitrogens with one attached hydrogen (secondary N) is 3. The summed E-state index contributed by atoms with van der Waals surface area (Å²) in [4.78, 5) is 28.1. The second kappa shape index (κ2) is 6.93. The third-order valence-corrected chi connectivity index (χ3v) is 5.50. The van der Waals surface area contributed by atoms with Gasteiger partial charge in [0, 0.05) is 23.9 Å². The summed E-state index contributed by atoms with van der Waals surface area (Å²) in [5.74, 6) is 0.641. The highest BCUT2D eigenvalue weighted by atomic mass is 35.5. The van der Waals surface area contributed by atoms with Crippen molar-refractivity contribution in [3.05, 3.63) is 53.1 Å². The van der Waals surface area contributed by atoms with Gasteiger partial charge in [0.05, 0.1) is 41.1 Å². The Labute approximate surface area is 171 Å². The topological polar surface area (TPSA) is 95.7 Å². The van der Waals surface area contributed by atoms with Gasteiger partial charge in [0.2, 0.25) is 0 Å². The highest BCUT2D eigenvalue weighted by molar-refractivity contribution is 6.32. The van der Waals surface area contributed by atoms with E-state index in [-0.39, 0.29) is 5.78 Å². The number of para-hydroxylation sites is 1. The van der Waals surface area contributed by atoms with Gasteiger partial charge in [0.25, 0.3) is 0 Å². The third kappa shape index (κ3) is 2.86. The summed E-state index contributed by atoms with van der Waals surface area (Å²) in [6.07, 6.45) is 5.51. The van der Waals surface area contributed by atoms with Crippen LogP contribution in [-0.4, -0.2) is 32.8 Å². The zero-order chi connectivity index (χ0) is 20.0. The number of ketones is 1. The Balaban J connectivity index is 1.74. The molecule has 0 amide bonds. The molecule has 0 saturated heterocycles. The summed E-state index contributed by atoms with van der Waals surface area (Å²) in [5.41, 5.74) is 6.10. The van der Waals surface area contributed by atoms with Crippen molar-refractivity contribution in [3.63, 3.8) is 0 Å². The van der Waals surface area contributed by atoms with Gasteiger partial charge in [0.15, 0.2) is 17.2 Å². The number of methoxy groups -OCH3 is 1. The highest BCUT2D eigenvalue weighted by Crippen LogP contribution is 2.42. The molecule has 3 aromatic heterocycles. The Bertz CT molecular complexity index is 1240. The number of pyridine rings is 1. The Morgan fingerprint density at radius 1 is 1.21 bits per heavy atom. The van der Waals surface area contributed by atoms with E-state index < -0.39 is 0 Å². The van der Waals surface area contributed by atoms with Crippen molar-refractivity contribution in [2.75, 3.05) is 12.4 Å². The molecule has 1 aliphatic rings. The lowest BCUT2D eigenvalue weighted by molar-refractivity contribution is 0.0973. The minimum atomic E-state index is 0.115. The molecule has 29 heavy (non-hydrogen) atoms. The van der Waals surface area contributed by atoms with Gasteiger partial charge >= 0.3 is 0 Å². The number of aromatic nitrogens is 4. The number of nitrogens with zero attached hydrogens (tertiary/aromatic N) is 2. The van der Waals surface area contributed by atoms with Crippen molar-refractivity contribution in [2.24, 2.45) is 0 Å². The normalized spacial score (nSPS) is 13.5. The number of rotatable bonds is 4. The average molecular weight is 408 g/mol. The molecule has 146 valence electrons. The van der Waals surface area contributed by atoms with E-state index in [2.05, 4.69) is 25.3 Å². The van der Waals surface area contributed by atoms with Crippen LogP contribution in [0.15, 0.2) is 36.8 Å². The van der Waals surface area contributed by atoms with Crippen molar-refractivity contribution in [1.82, 2.24) is 19.9 Å². The predicted octanol–water partition coefficient (Wildman–Crippen LogP) is 4.88. The van der Waals surface area contributed by atoms with E-state index in [1.165, 1.54) is 0 Å². The lowest BCUT2D eigenvalue weighted by atomic mass is 9.95. The molecule has 5 rings (SSSR count). The summed E-state index contributed by atoms with van der Waals surface area (Å²) in [5, 5.41) is 3.90. The smallest absolute Gasteiger partial charge is 0.166 e. The van der Waals surface area contributed by atoms with Crippen LogP contribution in [0.4, 0.5) is 11.4 Å². The molecule has 1 aromatic carbocycles. The van der Waals surface area contributed by atoms with E-state index in [0.29, 0.717) is 39.8 Å². The molecule has 0 bridgehead atoms. The van der Waals surface area contributed by atoms with Crippen LogP contribution in [-0.2, 0) is 6.42 Å². The molecule has 8 heteroatoms. The summed E-state index contributed by atoms with van der Waals surface area (Å²) >= 11 is 6.30. The maximum atomic E-state index is 12.8. The summed E-state index contributed by atoms with van der Waals surface area (Å²) in [6.45, 7) is 0. The van der Waals surface area contributed by atoms with Crippen LogP contribution >= 0.6 is 11.6 Å². The number of aromatic amines is 2. The van der Waals surface area contributed by atoms with Crippen molar-refractivity contribution < 1.29 is 9.53 Å². The Morgan fingerprint density at radius 2 is 2.10 bits per heavy atom. The number of ether oxygens (including phenoxy) is 1. The van der Waals surface area contributed by atoms with Gasteiger partial charge < -0.3 is 20.0 Å². The summed E-state index contributed by atoms with van der Waals surface area (Å²) in [6, 6.07) is 7.37. The first-order chi connectivity index (χ1) is 14.2. The van der Waals surface area contributed by atoms with E-state index in [1.807, 2.05) is 18.2 Å². The number of H-pyrrole nitrogens is 2. The molecule has 1 aliphatic carbocycles. The molecule has 0 unspecified atom stereocenters. The number of anilines is 2. The monoisotopic (exact) mass is 407 g/mol. The first-order valence-corrected chi connectivity index (χ1v) is 9.71. The second-order valence-corrected chi connectivity index (χ2v) is 7.32. The first-order valence-electron chi connectivity index (χ1n) is 9.33. The van der Waals surface area contributed by atoms with Gasteiger partial charge in [-0.15, -0.1) is 0 Å². The zero-order valence-electron chi connectivity index (χ0n) is 15.7. The molecule has 0 saturated carbocycles. The highest BCUT2D eigenvalue weighted by Gasteiger charge is 2.28. The van der Waals surface area contributed by atoms with Gasteiger partial charge in [-0.2, -0.15) is 0 Å². The number of Topliss-reactive ketones (excluding diaryl/α,β-unsaturated/α-hetero) is 1. The molecule has 0 spiro atoms. The standard InChI is InChI=1S/C21H18ClN5O2/c1-29-20-12(22)4-2-6-14(20)27-19-16-13(5-3-7-15(16)28)26-17(19)11-8-9-23-21-18(11)24-10-25-21/h2,4,6,8-10,26-27H,3,5,7H2,1H3,(H,23,24,25). The minimum Gasteiger partial charge on any atom is -0.493 e. The number of halogens is 1. The fourth-order valence-corrected chi connectivity index (χ4v) is 4.18. The SMILES string of the molecule is COc1c(Cl)cccc1Nc1c(-c2ccnc3[nH]cnc23)[nH]c2c1C(=O)CCC2. The summed E-state index contributed by atoms with van der Waals surface area (Å²) in [7, 11) is 1.57. The predicted molar refractivity (Wildman–Crippen MR) is 112 cm³/mol. The van der Waals surface area contributed by atoms with Crippen molar-refractivity contribution in [2.45, 2.75) is 19.3 Å². The van der Waals surface area contributed by atoms with Crippen LogP contribution in [0.3, 0.4) is 0 Å². The Hall–Kier alpha value is -3.32. The lowest BCUT2D eigenvalue weighted by Crippen LogP contribution is -2.11. The minimum absolute atomic E-state index is 0.115. The van der Waals surface area contributed by atoms with E-state index in [1.54, 1.807) is 25.7 Å². The number of hydrogen-bond acceptors (Lipinski definition) is 5. The molecular formula is C21H18ClN5O2. The quantitative estimate of drug-likeness (QED) is 0.448. The van der Waals surface area contributed by atoms with Crippen molar-refractivity contribution >= 4 is 39.9 Å². The van der Waals surface area contributed by atoms with Gasteiger partial charge in [0.1, 0.15) is 5.52 Å². The number of fused-ring (bicyclic) bond motifs is 2. The van der Waals surface area contributed by atoms with Crippen LogP contribution < -0.4 is 10.1 Å². The van der Waals surface area contributed by atoms with Crippen LogP contribution in [0.1, 0.15) is 28.9 Å². The van der Waals surface area contributed by atoms with Gasteiger partial charge in [-0.1, -0.05) is 17.7 Å². The lowest BCUT2D eigenvalue weighted by Gasteiger charge is -2.16. The number of benzene rings is 1. The molecule has 3 N–H and O–H groups in total. The molecular weight excluding hydrogens is 390 g/mol. The zero-order valence-corrected chi connectivity index (χ0v) is 16.4. The summed E-state index contributed by atoms with van der Waals surface area (Å²) < 4.78 is 5.48. The molecule has 3 heterocycles. The van der Waals surface area contributed by atoms with Crippen molar-refractivity contribution in [1.29, 1.82) is 0 Å². The maximum Gasteiger partial charge on any atom is 0.166 e. The number of aryl methyl sites for hydroxylation is 1. The number of carbonyl (C=O) groups excluding carboxylic acids is 1. The van der Waals surface area contributed by atoms with E-state index in [4.69, 9.17) is 16.3 Å². The van der Waals surface area contributed by atoms with Crippen LogP contribution in [0, 0.1) is 0 Å². The van der Waals surface area contributed by atoms with Gasteiger partial charge in [-0.05, 0) is 31.0 Å². The molecule has 0 atom stereocenters. The average Bonchev–Trinajstić information content (AvgIpc) is 3.34. The molecule has 0 radical (unpaired) electrons. The van der Waals surface area contributed by atoms with E-state index in [9.17, 15) is 4.79 Å². The Morgan fingerprint density at radius 3 is 2.97 bits per heavy atom. The largest absolute Gasteiger partial charge is 0.493 e. The fraction of sp³-hybridized carbons (Fsp3) is 0.190. The van der Waals surface area contributed by atoms with Crippen molar-refractivity contribution in [3.8, 4) is 17.0 Å². The third-order valence-electron chi connectivity index (χ3n) is 5.21. The van der Waals surface area contributed by atoms with Crippen LogP contribution in [0.25, 0.3) is 22.4 Å². The molecule has 7 nitrogen and oxygen atoms in total. The molecule has 0 aliphatic heterocycles. The second-order valence-electron chi connectivity index (χ2n) is 6.91. The molecule has 4 aromatic rings. The van der Waals surface area contributed by atoms with Crippen LogP contribution in [0.5, 0.6) is 5.75 Å². The Kier molecular flexibility index (Phi) is 4.24. The molecule has 0 fully saturated rings. The maximum absolute atomic E-state index is 12.8.